The predicted molar refractivity (Wildman–Crippen MR) is 94.3 cm³/mol. The number of hydrogen-bond acceptors (Lipinski definition) is 5. The van der Waals surface area contributed by atoms with Gasteiger partial charge in [0.15, 0.2) is 5.78 Å². The van der Waals surface area contributed by atoms with Gasteiger partial charge in [-0.05, 0) is 31.2 Å². The maximum Gasteiger partial charge on any atom is 0.238 e. The number of Topliss-reactive ketones (excluding diaryl/α,β-unsaturated/α-hetero) is 1. The van der Waals surface area contributed by atoms with Gasteiger partial charge in [-0.1, -0.05) is 29.8 Å². The molecule has 0 aliphatic heterocycles. The quantitative estimate of drug-likeness (QED) is 0.513. The molecule has 7 nitrogen and oxygen atoms in total. The summed E-state index contributed by atoms with van der Waals surface area (Å²) in [7, 11) is -3.75. The van der Waals surface area contributed by atoms with Crippen LogP contribution < -0.4 is 16.0 Å². The molecule has 8 heteroatoms. The van der Waals surface area contributed by atoms with E-state index >= 15 is 0 Å². The molecular weight excluding hydrogens is 342 g/mol. The van der Waals surface area contributed by atoms with E-state index in [1.165, 1.54) is 24.3 Å². The van der Waals surface area contributed by atoms with Gasteiger partial charge in [-0.3, -0.25) is 20.4 Å². The summed E-state index contributed by atoms with van der Waals surface area (Å²) in [6.07, 6.45) is 0.135. The Morgan fingerprint density at radius 2 is 1.56 bits per heavy atom. The third-order valence-corrected chi connectivity index (χ3v) is 4.41. The fraction of sp³-hybridized carbons (Fsp3) is 0.176. The number of carbonyl (C=O) groups is 2. The highest BCUT2D eigenvalue weighted by atomic mass is 32.2. The van der Waals surface area contributed by atoms with Gasteiger partial charge in [-0.25, -0.2) is 13.6 Å². The first-order valence-corrected chi connectivity index (χ1v) is 9.08. The Balaban J connectivity index is 1.80. The first-order valence-electron chi connectivity index (χ1n) is 7.53. The second-order valence-corrected chi connectivity index (χ2v) is 7.09. The van der Waals surface area contributed by atoms with Gasteiger partial charge in [0.05, 0.1) is 10.6 Å². The van der Waals surface area contributed by atoms with Crippen LogP contribution in [-0.2, 0) is 14.8 Å². The van der Waals surface area contributed by atoms with Crippen molar-refractivity contribution < 1.29 is 18.0 Å². The lowest BCUT2D eigenvalue weighted by Gasteiger charge is -2.09. The Morgan fingerprint density at radius 1 is 0.960 bits per heavy atom. The van der Waals surface area contributed by atoms with Gasteiger partial charge in [-0.2, -0.15) is 0 Å². The normalized spacial score (nSPS) is 11.0. The molecule has 132 valence electrons. The minimum absolute atomic E-state index is 0.0203. The fourth-order valence-electron chi connectivity index (χ4n) is 2.04. The Labute approximate surface area is 146 Å². The van der Waals surface area contributed by atoms with Crippen molar-refractivity contribution in [3.63, 3.8) is 0 Å². The van der Waals surface area contributed by atoms with Gasteiger partial charge in [0.2, 0.25) is 15.9 Å². The lowest BCUT2D eigenvalue weighted by molar-refractivity contribution is -0.120. The van der Waals surface area contributed by atoms with Crippen molar-refractivity contribution in [3.05, 3.63) is 59.7 Å². The smallest absolute Gasteiger partial charge is 0.238 e. The molecule has 0 saturated carbocycles. The number of amides is 1. The third kappa shape index (κ3) is 5.70. The number of hydrogen-bond donors (Lipinski definition) is 3. The number of sulfonamides is 1. The molecule has 0 saturated heterocycles. The minimum Gasteiger partial charge on any atom is -0.299 e. The van der Waals surface area contributed by atoms with Crippen LogP contribution in [0.2, 0.25) is 0 Å². The zero-order valence-corrected chi connectivity index (χ0v) is 14.5. The van der Waals surface area contributed by atoms with Gasteiger partial charge in [0, 0.05) is 18.4 Å². The van der Waals surface area contributed by atoms with Crippen LogP contribution in [0.15, 0.2) is 53.4 Å². The topological polar surface area (TPSA) is 118 Å². The molecule has 2 rings (SSSR count). The summed E-state index contributed by atoms with van der Waals surface area (Å²) in [6.45, 7) is 1.93. The number of nitrogens with one attached hydrogen (secondary N) is 2. The second kappa shape index (κ2) is 7.91. The number of benzene rings is 2. The molecule has 0 radical (unpaired) electrons. The third-order valence-electron chi connectivity index (χ3n) is 3.48. The first kappa shape index (κ1) is 18.6. The summed E-state index contributed by atoms with van der Waals surface area (Å²) < 4.78 is 22.3. The van der Waals surface area contributed by atoms with Gasteiger partial charge < -0.3 is 0 Å². The van der Waals surface area contributed by atoms with E-state index in [-0.39, 0.29) is 29.4 Å². The van der Waals surface area contributed by atoms with Crippen LogP contribution in [0.3, 0.4) is 0 Å². The van der Waals surface area contributed by atoms with Crippen molar-refractivity contribution in [3.8, 4) is 0 Å². The molecule has 0 spiro atoms. The largest absolute Gasteiger partial charge is 0.299 e. The van der Waals surface area contributed by atoms with Crippen LogP contribution in [-0.4, -0.2) is 20.1 Å². The van der Waals surface area contributed by atoms with Gasteiger partial charge in [-0.15, -0.1) is 0 Å². The number of hydrazine groups is 1. The van der Waals surface area contributed by atoms with E-state index in [2.05, 4.69) is 10.9 Å². The molecule has 0 heterocycles. The maximum atomic E-state index is 12.0. The first-order chi connectivity index (χ1) is 11.8. The highest BCUT2D eigenvalue weighted by Crippen LogP contribution is 2.12. The molecule has 0 aromatic heterocycles. The summed E-state index contributed by atoms with van der Waals surface area (Å²) in [5.41, 5.74) is 7.23. The molecule has 0 unspecified atom stereocenters. The van der Waals surface area contributed by atoms with Crippen LogP contribution >= 0.6 is 0 Å². The zero-order valence-electron chi connectivity index (χ0n) is 13.7. The van der Waals surface area contributed by atoms with Crippen LogP contribution in [0, 0.1) is 6.92 Å². The lowest BCUT2D eigenvalue weighted by Crippen LogP contribution is -2.29. The van der Waals surface area contributed by atoms with E-state index < -0.39 is 10.0 Å². The maximum absolute atomic E-state index is 12.0. The molecule has 1 amide bonds. The monoisotopic (exact) mass is 361 g/mol. The number of aryl methyl sites for hydroxylation is 1. The highest BCUT2D eigenvalue weighted by Gasteiger charge is 2.10. The molecule has 0 atom stereocenters. The van der Waals surface area contributed by atoms with E-state index in [4.69, 9.17) is 5.14 Å². The molecule has 0 bridgehead atoms. The second-order valence-electron chi connectivity index (χ2n) is 5.53. The standard InChI is InChI=1S/C17H19N3O4S/c1-12-2-4-13(5-3-12)16(21)10-11-17(22)20-19-14-6-8-15(9-7-14)25(18,23)24/h2-9,19H,10-11H2,1H3,(H,20,22)(H2,18,23,24). The summed E-state index contributed by atoms with van der Waals surface area (Å²) in [4.78, 5) is 23.8. The molecule has 0 aliphatic carbocycles. The van der Waals surface area contributed by atoms with Crippen molar-refractivity contribution in [2.75, 3.05) is 5.43 Å². The van der Waals surface area contributed by atoms with Gasteiger partial charge in [0.25, 0.3) is 0 Å². The number of anilines is 1. The molecule has 4 N–H and O–H groups in total. The van der Waals surface area contributed by atoms with Crippen molar-refractivity contribution >= 4 is 27.4 Å². The van der Waals surface area contributed by atoms with E-state index in [1.807, 2.05) is 19.1 Å². The van der Waals surface area contributed by atoms with Gasteiger partial charge in [0.1, 0.15) is 0 Å². The molecule has 0 aliphatic rings. The molecule has 2 aromatic carbocycles. The van der Waals surface area contributed by atoms with E-state index in [1.54, 1.807) is 12.1 Å². The Hall–Kier alpha value is -2.71. The summed E-state index contributed by atoms with van der Waals surface area (Å²) in [5, 5.41) is 5.00. The Bertz CT molecular complexity index is 860. The molecular formula is C17H19N3O4S. The number of ketones is 1. The number of nitrogens with two attached hydrogens (primary N) is 1. The SMILES string of the molecule is Cc1ccc(C(=O)CCC(=O)NNc2ccc(S(N)(=O)=O)cc2)cc1. The lowest BCUT2D eigenvalue weighted by atomic mass is 10.1. The average molecular weight is 361 g/mol. The van der Waals surface area contributed by atoms with Crippen molar-refractivity contribution in [2.45, 2.75) is 24.7 Å². The molecule has 25 heavy (non-hydrogen) atoms. The average Bonchev–Trinajstić information content (AvgIpc) is 2.58. The Morgan fingerprint density at radius 3 is 2.12 bits per heavy atom. The number of carbonyl (C=O) groups excluding carboxylic acids is 2. The minimum atomic E-state index is -3.75. The number of rotatable bonds is 7. The van der Waals surface area contributed by atoms with Crippen LogP contribution in [0.1, 0.15) is 28.8 Å². The van der Waals surface area contributed by atoms with Crippen LogP contribution in [0.4, 0.5) is 5.69 Å². The fourth-order valence-corrected chi connectivity index (χ4v) is 2.56. The van der Waals surface area contributed by atoms with Crippen LogP contribution in [0.25, 0.3) is 0 Å². The summed E-state index contributed by atoms with van der Waals surface area (Å²) in [5.74, 6) is -0.455. The summed E-state index contributed by atoms with van der Waals surface area (Å²) in [6, 6.07) is 12.8. The predicted octanol–water partition coefficient (Wildman–Crippen LogP) is 1.75. The van der Waals surface area contributed by atoms with Crippen molar-refractivity contribution in [1.29, 1.82) is 0 Å². The zero-order chi connectivity index (χ0) is 18.4. The molecule has 0 fully saturated rings. The van der Waals surface area contributed by atoms with E-state index in [0.717, 1.165) is 5.56 Å². The highest BCUT2D eigenvalue weighted by molar-refractivity contribution is 7.89. The van der Waals surface area contributed by atoms with Gasteiger partial charge >= 0.3 is 0 Å². The number of primary sulfonamides is 1. The Kier molecular flexibility index (Phi) is 5.89. The van der Waals surface area contributed by atoms with Crippen LogP contribution in [0.5, 0.6) is 0 Å². The van der Waals surface area contributed by atoms with E-state index in [0.29, 0.717) is 11.3 Å². The summed E-state index contributed by atoms with van der Waals surface area (Å²) >= 11 is 0. The van der Waals surface area contributed by atoms with E-state index in [9.17, 15) is 18.0 Å². The van der Waals surface area contributed by atoms with Crippen molar-refractivity contribution in [1.82, 2.24) is 5.43 Å². The van der Waals surface area contributed by atoms with Crippen molar-refractivity contribution in [2.24, 2.45) is 5.14 Å². The molecule has 2 aromatic rings.